The Morgan fingerprint density at radius 2 is 2.06 bits per heavy atom. The molecule has 1 fully saturated rings. The van der Waals surface area contributed by atoms with Gasteiger partial charge < -0.3 is 14.9 Å². The Bertz CT molecular complexity index is 334. The second-order valence-corrected chi connectivity index (χ2v) is 4.80. The van der Waals surface area contributed by atoms with Gasteiger partial charge in [-0.25, -0.2) is 0 Å². The van der Waals surface area contributed by atoms with E-state index in [-0.39, 0.29) is 12.1 Å². The fraction of sp³-hybridized carbons (Fsp3) is 0.750. The van der Waals surface area contributed by atoms with Crippen LogP contribution < -0.4 is 5.32 Å². The highest BCUT2D eigenvalue weighted by atomic mass is 16.5. The van der Waals surface area contributed by atoms with Crippen molar-refractivity contribution in [2.45, 2.75) is 51.6 Å². The van der Waals surface area contributed by atoms with Crippen LogP contribution in [0.2, 0.25) is 0 Å². The van der Waals surface area contributed by atoms with E-state index in [0.717, 1.165) is 36.4 Å². The Labute approximate surface area is 96.0 Å². The molecule has 16 heavy (non-hydrogen) atoms. The van der Waals surface area contributed by atoms with Gasteiger partial charge in [-0.3, -0.25) is 0 Å². The number of aliphatic hydroxyl groups excluding tert-OH is 1. The third kappa shape index (κ3) is 2.13. The van der Waals surface area contributed by atoms with Crippen molar-refractivity contribution in [2.24, 2.45) is 0 Å². The van der Waals surface area contributed by atoms with E-state index in [1.54, 1.807) is 0 Å². The van der Waals surface area contributed by atoms with Crippen LogP contribution in [0.4, 0.5) is 0 Å². The quantitative estimate of drug-likeness (QED) is 0.817. The lowest BCUT2D eigenvalue weighted by Crippen LogP contribution is -2.45. The van der Waals surface area contributed by atoms with E-state index >= 15 is 0 Å². The molecule has 0 amide bonds. The average Bonchev–Trinajstić information content (AvgIpc) is 2.86. The highest BCUT2D eigenvalue weighted by molar-refractivity contribution is 5.20. The molecule has 1 aliphatic rings. The van der Waals surface area contributed by atoms with E-state index in [4.69, 9.17) is 4.52 Å². The van der Waals surface area contributed by atoms with Gasteiger partial charge in [0, 0.05) is 17.6 Å². The summed E-state index contributed by atoms with van der Waals surface area (Å²) in [5.74, 6) is 0.871. The fourth-order valence-corrected chi connectivity index (χ4v) is 2.47. The van der Waals surface area contributed by atoms with Crippen molar-refractivity contribution in [1.82, 2.24) is 10.5 Å². The Morgan fingerprint density at radius 3 is 2.56 bits per heavy atom. The monoisotopic (exact) mass is 224 g/mol. The van der Waals surface area contributed by atoms with Gasteiger partial charge in [-0.2, -0.15) is 0 Å². The minimum absolute atomic E-state index is 0.0733. The zero-order valence-electron chi connectivity index (χ0n) is 10.0. The third-order valence-corrected chi connectivity index (χ3v) is 3.68. The fourth-order valence-electron chi connectivity index (χ4n) is 2.47. The van der Waals surface area contributed by atoms with Crippen LogP contribution in [0.1, 0.15) is 42.7 Å². The molecular formula is C12H20N2O2. The summed E-state index contributed by atoms with van der Waals surface area (Å²) in [5, 5.41) is 16.9. The molecule has 0 unspecified atom stereocenters. The summed E-state index contributed by atoms with van der Waals surface area (Å²) in [6.07, 6.45) is 4.53. The zero-order valence-corrected chi connectivity index (χ0v) is 10.0. The van der Waals surface area contributed by atoms with Crippen LogP contribution in [0, 0.1) is 13.8 Å². The number of nitrogens with one attached hydrogen (secondary N) is 1. The Balaban J connectivity index is 2.01. The van der Waals surface area contributed by atoms with Gasteiger partial charge in [0.15, 0.2) is 0 Å². The highest BCUT2D eigenvalue weighted by Crippen LogP contribution is 2.29. The van der Waals surface area contributed by atoms with Crippen molar-refractivity contribution in [3.8, 4) is 0 Å². The van der Waals surface area contributed by atoms with Crippen LogP contribution in [0.25, 0.3) is 0 Å². The second-order valence-electron chi connectivity index (χ2n) is 4.80. The maximum Gasteiger partial charge on any atom is 0.138 e. The molecule has 0 aliphatic heterocycles. The third-order valence-electron chi connectivity index (χ3n) is 3.68. The first kappa shape index (κ1) is 11.6. The summed E-state index contributed by atoms with van der Waals surface area (Å²) in [6, 6.07) is 0. The summed E-state index contributed by atoms with van der Waals surface area (Å²) in [6.45, 7) is 4.84. The lowest BCUT2D eigenvalue weighted by molar-refractivity contribution is 0.162. The van der Waals surface area contributed by atoms with Gasteiger partial charge in [0.05, 0.1) is 12.3 Å². The molecule has 90 valence electrons. The van der Waals surface area contributed by atoms with Crippen molar-refractivity contribution in [1.29, 1.82) is 0 Å². The van der Waals surface area contributed by atoms with Gasteiger partial charge in [0.2, 0.25) is 0 Å². The van der Waals surface area contributed by atoms with Crippen LogP contribution in [0.5, 0.6) is 0 Å². The molecule has 0 aromatic carbocycles. The molecule has 0 radical (unpaired) electrons. The Kier molecular flexibility index (Phi) is 3.30. The minimum atomic E-state index is -0.0733. The number of aromatic nitrogens is 1. The number of hydrogen-bond donors (Lipinski definition) is 2. The second kappa shape index (κ2) is 4.55. The highest BCUT2D eigenvalue weighted by Gasteiger charge is 2.32. The molecule has 1 saturated carbocycles. The number of rotatable bonds is 4. The van der Waals surface area contributed by atoms with Crippen molar-refractivity contribution < 1.29 is 9.63 Å². The molecule has 0 spiro atoms. The number of aryl methyl sites for hydroxylation is 2. The summed E-state index contributed by atoms with van der Waals surface area (Å²) in [5.41, 5.74) is 1.99. The molecule has 2 N–H and O–H groups in total. The lowest BCUT2D eigenvalue weighted by atomic mass is 9.98. The van der Waals surface area contributed by atoms with Crippen molar-refractivity contribution in [3.05, 3.63) is 17.0 Å². The first-order chi connectivity index (χ1) is 7.67. The van der Waals surface area contributed by atoms with E-state index in [0.29, 0.717) is 0 Å². The predicted molar refractivity (Wildman–Crippen MR) is 61.1 cm³/mol. The van der Waals surface area contributed by atoms with E-state index in [1.807, 2.05) is 13.8 Å². The molecule has 2 rings (SSSR count). The minimum Gasteiger partial charge on any atom is -0.394 e. The zero-order chi connectivity index (χ0) is 11.6. The van der Waals surface area contributed by atoms with Gasteiger partial charge in [0.25, 0.3) is 0 Å². The van der Waals surface area contributed by atoms with Crippen LogP contribution >= 0.6 is 0 Å². The molecule has 1 aromatic rings. The van der Waals surface area contributed by atoms with Gasteiger partial charge in [-0.15, -0.1) is 0 Å². The maximum absolute atomic E-state index is 9.48. The lowest BCUT2D eigenvalue weighted by Gasteiger charge is -2.28. The summed E-state index contributed by atoms with van der Waals surface area (Å²) in [7, 11) is 0. The van der Waals surface area contributed by atoms with Gasteiger partial charge in [-0.05, 0) is 26.7 Å². The van der Waals surface area contributed by atoms with Gasteiger partial charge in [-0.1, -0.05) is 18.0 Å². The smallest absolute Gasteiger partial charge is 0.138 e. The van der Waals surface area contributed by atoms with E-state index in [1.165, 1.54) is 12.8 Å². The average molecular weight is 224 g/mol. The molecule has 1 heterocycles. The summed E-state index contributed by atoms with van der Waals surface area (Å²) >= 11 is 0. The molecule has 1 aromatic heterocycles. The van der Waals surface area contributed by atoms with E-state index in [9.17, 15) is 5.11 Å². The largest absolute Gasteiger partial charge is 0.394 e. The predicted octanol–water partition coefficient (Wildman–Crippen LogP) is 1.69. The molecule has 4 nitrogen and oxygen atoms in total. The van der Waals surface area contributed by atoms with Crippen LogP contribution in [0.3, 0.4) is 0 Å². The maximum atomic E-state index is 9.48. The molecule has 0 saturated heterocycles. The van der Waals surface area contributed by atoms with E-state index in [2.05, 4.69) is 10.5 Å². The van der Waals surface area contributed by atoms with Crippen molar-refractivity contribution in [2.75, 3.05) is 6.61 Å². The summed E-state index contributed by atoms with van der Waals surface area (Å²) < 4.78 is 5.12. The van der Waals surface area contributed by atoms with Crippen molar-refractivity contribution >= 4 is 0 Å². The first-order valence-corrected chi connectivity index (χ1v) is 5.94. The topological polar surface area (TPSA) is 58.3 Å². The van der Waals surface area contributed by atoms with E-state index < -0.39 is 0 Å². The normalized spacial score (nSPS) is 19.2. The Morgan fingerprint density at radius 1 is 1.38 bits per heavy atom. The van der Waals surface area contributed by atoms with Crippen LogP contribution in [-0.2, 0) is 6.54 Å². The molecular weight excluding hydrogens is 204 g/mol. The summed E-state index contributed by atoms with van der Waals surface area (Å²) in [4.78, 5) is 0. The van der Waals surface area contributed by atoms with Gasteiger partial charge in [0.1, 0.15) is 5.76 Å². The number of nitrogens with zero attached hydrogens (tertiary/aromatic N) is 1. The molecule has 0 bridgehead atoms. The van der Waals surface area contributed by atoms with Crippen molar-refractivity contribution in [3.63, 3.8) is 0 Å². The first-order valence-electron chi connectivity index (χ1n) is 5.94. The van der Waals surface area contributed by atoms with Crippen LogP contribution in [-0.4, -0.2) is 22.4 Å². The SMILES string of the molecule is Cc1noc(C)c1CNC1(CO)CCCC1. The Hall–Kier alpha value is -0.870. The molecule has 1 aliphatic carbocycles. The van der Waals surface area contributed by atoms with Gasteiger partial charge >= 0.3 is 0 Å². The number of aliphatic hydroxyl groups is 1. The standard InChI is InChI=1S/C12H20N2O2/c1-9-11(10(2)16-14-9)7-13-12(8-15)5-3-4-6-12/h13,15H,3-8H2,1-2H3. The molecule has 4 heteroatoms. The van der Waals surface area contributed by atoms with Crippen LogP contribution in [0.15, 0.2) is 4.52 Å². The number of hydrogen-bond acceptors (Lipinski definition) is 4. The molecule has 0 atom stereocenters.